The van der Waals surface area contributed by atoms with Gasteiger partial charge in [0.15, 0.2) is 0 Å². The summed E-state index contributed by atoms with van der Waals surface area (Å²) < 4.78 is 6.09. The Morgan fingerprint density at radius 2 is 2.10 bits per heavy atom. The fourth-order valence-corrected chi connectivity index (χ4v) is 1.76. The van der Waals surface area contributed by atoms with Gasteiger partial charge in [-0.2, -0.15) is 0 Å². The van der Waals surface area contributed by atoms with Crippen molar-refractivity contribution in [3.8, 4) is 0 Å². The second-order valence-corrected chi connectivity index (χ2v) is 7.72. The van der Waals surface area contributed by atoms with E-state index in [0.717, 1.165) is 10.8 Å². The van der Waals surface area contributed by atoms with E-state index in [-0.39, 0.29) is 3.98 Å². The number of carbonyl (C=O) groups excluding carboxylic acids is 1. The van der Waals surface area contributed by atoms with Crippen LogP contribution in [-0.2, 0) is 4.74 Å². The molecule has 0 heterocycles. The summed E-state index contributed by atoms with van der Waals surface area (Å²) in [6.07, 6.45) is 0.930. The van der Waals surface area contributed by atoms with Crippen LogP contribution in [0.5, 0.6) is 0 Å². The van der Waals surface area contributed by atoms with Gasteiger partial charge in [-0.3, -0.25) is 0 Å². The molecule has 2 nitrogen and oxygen atoms in total. The van der Waals surface area contributed by atoms with Crippen molar-refractivity contribution in [3.05, 3.63) is 0 Å². The van der Waals surface area contributed by atoms with E-state index in [1.54, 1.807) is 0 Å². The Labute approximate surface area is 69.7 Å². The summed E-state index contributed by atoms with van der Waals surface area (Å²) in [7, 11) is 0. The molecule has 0 amide bonds. The maximum absolute atomic E-state index is 11.0. The number of hydrogen-bond acceptors (Lipinski definition) is 2. The van der Waals surface area contributed by atoms with Crippen LogP contribution in [0, 0.1) is 0 Å². The van der Waals surface area contributed by atoms with E-state index in [9.17, 15) is 4.79 Å². The van der Waals surface area contributed by atoms with Gasteiger partial charge in [-0.25, -0.2) is 0 Å². The Morgan fingerprint density at radius 3 is 2.50 bits per heavy atom. The maximum atomic E-state index is 11.0. The second kappa shape index (κ2) is 5.95. The number of hydrogen-bond donors (Lipinski definition) is 0. The van der Waals surface area contributed by atoms with E-state index in [4.69, 9.17) is 4.74 Å². The van der Waals surface area contributed by atoms with Crippen LogP contribution in [0.2, 0.25) is 0 Å². The average molecular weight is 258 g/mol. The van der Waals surface area contributed by atoms with Crippen LogP contribution in [-0.4, -0.2) is 19.9 Å². The van der Waals surface area contributed by atoms with Crippen LogP contribution < -0.4 is 0 Å². The first-order chi connectivity index (χ1) is 4.72. The standard InChI is InChI=1S/C7H15IO2/c1-4-6-10-7(9)8(3)5-2/h4-6H2,1-3H3. The summed E-state index contributed by atoms with van der Waals surface area (Å²) in [5, 5.41) is 0. The van der Waals surface area contributed by atoms with Crippen molar-refractivity contribution in [1.82, 2.24) is 0 Å². The van der Waals surface area contributed by atoms with Gasteiger partial charge >= 0.3 is 69.6 Å². The van der Waals surface area contributed by atoms with Gasteiger partial charge in [0, 0.05) is 0 Å². The zero-order valence-corrected chi connectivity index (χ0v) is 8.97. The predicted molar refractivity (Wildman–Crippen MR) is 52.1 cm³/mol. The zero-order valence-electron chi connectivity index (χ0n) is 6.82. The second-order valence-electron chi connectivity index (χ2n) is 1.94. The van der Waals surface area contributed by atoms with Crippen molar-refractivity contribution in [1.29, 1.82) is 0 Å². The molecule has 0 aromatic heterocycles. The minimum atomic E-state index is -1.33. The van der Waals surface area contributed by atoms with Crippen molar-refractivity contribution >= 4 is 23.8 Å². The van der Waals surface area contributed by atoms with Gasteiger partial charge < -0.3 is 0 Å². The SMILES string of the molecule is CCCOC(=O)I(C)CC. The molecule has 0 radical (unpaired) electrons. The van der Waals surface area contributed by atoms with Gasteiger partial charge in [0.1, 0.15) is 0 Å². The first-order valence-corrected chi connectivity index (χ1v) is 8.21. The molecular weight excluding hydrogens is 243 g/mol. The molecule has 0 fully saturated rings. The van der Waals surface area contributed by atoms with Crippen molar-refractivity contribution in [2.45, 2.75) is 20.3 Å². The van der Waals surface area contributed by atoms with E-state index in [0.29, 0.717) is 6.61 Å². The molecule has 0 bridgehead atoms. The van der Waals surface area contributed by atoms with Crippen molar-refractivity contribution in [2.75, 3.05) is 16.0 Å². The van der Waals surface area contributed by atoms with E-state index < -0.39 is 19.8 Å². The molecule has 0 aliphatic heterocycles. The molecule has 0 unspecified atom stereocenters. The van der Waals surface area contributed by atoms with Gasteiger partial charge in [-0.15, -0.1) is 0 Å². The van der Waals surface area contributed by atoms with Gasteiger partial charge in [-0.05, 0) is 0 Å². The molecule has 0 aliphatic rings. The third kappa shape index (κ3) is 4.09. The number of halogens is 1. The number of ether oxygens (including phenoxy) is 1. The molecule has 62 valence electrons. The van der Waals surface area contributed by atoms with Crippen LogP contribution in [0.25, 0.3) is 0 Å². The zero-order chi connectivity index (χ0) is 7.98. The third-order valence-electron chi connectivity index (χ3n) is 1.08. The van der Waals surface area contributed by atoms with E-state index in [1.165, 1.54) is 0 Å². The Morgan fingerprint density at radius 1 is 1.50 bits per heavy atom. The molecule has 0 aromatic rings. The summed E-state index contributed by atoms with van der Waals surface area (Å²) in [4.78, 5) is 13.0. The van der Waals surface area contributed by atoms with Gasteiger partial charge in [0.2, 0.25) is 0 Å². The molecule has 0 saturated carbocycles. The molecule has 0 rings (SSSR count). The fraction of sp³-hybridized carbons (Fsp3) is 0.857. The summed E-state index contributed by atoms with van der Waals surface area (Å²) in [6, 6.07) is 0. The fourth-order valence-electron chi connectivity index (χ4n) is 0.385. The first kappa shape index (κ1) is 10.2. The first-order valence-electron chi connectivity index (χ1n) is 3.45. The molecule has 0 N–H and O–H groups in total. The monoisotopic (exact) mass is 258 g/mol. The number of rotatable bonds is 4. The Balaban J connectivity index is 3.42. The quantitative estimate of drug-likeness (QED) is 0.440. The number of carbonyl (C=O) groups is 1. The third-order valence-corrected chi connectivity index (χ3v) is 5.19. The van der Waals surface area contributed by atoms with Crippen LogP contribution in [0.15, 0.2) is 0 Å². The molecule has 0 aliphatic carbocycles. The minimum absolute atomic E-state index is 0.0913. The van der Waals surface area contributed by atoms with E-state index in [2.05, 4.69) is 6.92 Å². The molecule has 10 heavy (non-hydrogen) atoms. The van der Waals surface area contributed by atoms with Crippen LogP contribution in [0.3, 0.4) is 0 Å². The Kier molecular flexibility index (Phi) is 6.06. The van der Waals surface area contributed by atoms with E-state index in [1.807, 2.05) is 11.9 Å². The summed E-state index contributed by atoms with van der Waals surface area (Å²) in [6.45, 7) is 4.66. The van der Waals surface area contributed by atoms with Gasteiger partial charge in [-0.1, -0.05) is 0 Å². The molecular formula is C7H15IO2. The Bertz CT molecular complexity index is 104. The normalized spacial score (nSPS) is 10.9. The van der Waals surface area contributed by atoms with Crippen molar-refractivity contribution in [3.63, 3.8) is 0 Å². The molecule has 0 saturated heterocycles. The molecule has 0 atom stereocenters. The van der Waals surface area contributed by atoms with Crippen LogP contribution in [0.1, 0.15) is 20.3 Å². The summed E-state index contributed by atoms with van der Waals surface area (Å²) in [5.41, 5.74) is 0. The molecule has 0 aromatic carbocycles. The van der Waals surface area contributed by atoms with Crippen molar-refractivity contribution in [2.24, 2.45) is 0 Å². The summed E-state index contributed by atoms with van der Waals surface area (Å²) >= 11 is -1.33. The summed E-state index contributed by atoms with van der Waals surface area (Å²) in [5.74, 6) is 0. The van der Waals surface area contributed by atoms with Crippen molar-refractivity contribution < 1.29 is 9.53 Å². The topological polar surface area (TPSA) is 26.3 Å². The van der Waals surface area contributed by atoms with Gasteiger partial charge in [0.05, 0.1) is 0 Å². The van der Waals surface area contributed by atoms with Crippen LogP contribution in [0.4, 0.5) is 4.79 Å². The number of alkyl halides is 2. The molecule has 0 spiro atoms. The van der Waals surface area contributed by atoms with Gasteiger partial charge in [0.25, 0.3) is 0 Å². The average Bonchev–Trinajstić information content (AvgIpc) is 1.98. The molecule has 3 heteroatoms. The van der Waals surface area contributed by atoms with Crippen LogP contribution >= 0.6 is 19.8 Å². The Hall–Kier alpha value is 0.200. The predicted octanol–water partition coefficient (Wildman–Crippen LogP) is 2.69. The van der Waals surface area contributed by atoms with E-state index >= 15 is 0 Å².